The predicted octanol–water partition coefficient (Wildman–Crippen LogP) is 5.28. The van der Waals surface area contributed by atoms with E-state index in [0.717, 1.165) is 37.4 Å². The van der Waals surface area contributed by atoms with Crippen molar-refractivity contribution in [1.82, 2.24) is 9.61 Å². The summed E-state index contributed by atoms with van der Waals surface area (Å²) < 4.78 is 8.44. The maximum Gasteiger partial charge on any atom is 0.118 e. The molecule has 4 aromatic rings. The summed E-state index contributed by atoms with van der Waals surface area (Å²) in [6, 6.07) is 24.7. The Kier molecular flexibility index (Phi) is 3.98. The second kappa shape index (κ2) is 6.28. The summed E-state index contributed by atoms with van der Waals surface area (Å²) in [7, 11) is 1.68. The predicted molar refractivity (Wildman–Crippen MR) is 105 cm³/mol. The zero-order chi connectivity index (χ0) is 16.5. The maximum absolute atomic E-state index is 5.26. The second-order valence-corrected chi connectivity index (χ2v) is 6.65. The van der Waals surface area contributed by atoms with Crippen LogP contribution in [0.5, 0.6) is 5.75 Å². The van der Waals surface area contributed by atoms with Crippen LogP contribution in [0.2, 0.25) is 0 Å². The van der Waals surface area contributed by atoms with Crippen molar-refractivity contribution in [3.05, 3.63) is 76.4 Å². The lowest BCUT2D eigenvalue weighted by molar-refractivity contribution is 0.415. The van der Waals surface area contributed by atoms with E-state index in [9.17, 15) is 0 Å². The molecule has 0 unspecified atom stereocenters. The molecule has 0 saturated heterocycles. The van der Waals surface area contributed by atoms with Crippen LogP contribution in [0.25, 0.3) is 28.0 Å². The molecule has 24 heavy (non-hydrogen) atoms. The van der Waals surface area contributed by atoms with Crippen molar-refractivity contribution in [1.29, 1.82) is 0 Å². The quantitative estimate of drug-likeness (QED) is 0.417. The minimum atomic E-state index is 0.853. The number of rotatable bonds is 3. The van der Waals surface area contributed by atoms with E-state index in [0.29, 0.717) is 0 Å². The summed E-state index contributed by atoms with van der Waals surface area (Å²) in [5.41, 5.74) is 5.40. The number of ether oxygens (including phenoxy) is 1. The average molecular weight is 426 g/mol. The van der Waals surface area contributed by atoms with Gasteiger partial charge < -0.3 is 4.74 Å². The van der Waals surface area contributed by atoms with Crippen molar-refractivity contribution >= 4 is 28.1 Å². The van der Waals surface area contributed by atoms with E-state index in [-0.39, 0.29) is 0 Å². The van der Waals surface area contributed by atoms with Gasteiger partial charge in [-0.2, -0.15) is 5.10 Å². The van der Waals surface area contributed by atoms with Gasteiger partial charge in [-0.1, -0.05) is 30.3 Å². The topological polar surface area (TPSA) is 26.5 Å². The maximum atomic E-state index is 5.26. The summed E-state index contributed by atoms with van der Waals surface area (Å²) in [4.78, 5) is 0. The summed E-state index contributed by atoms with van der Waals surface area (Å²) in [6.07, 6.45) is 0. The van der Waals surface area contributed by atoms with Gasteiger partial charge in [0, 0.05) is 14.7 Å². The van der Waals surface area contributed by atoms with Gasteiger partial charge in [0.05, 0.1) is 24.0 Å². The van der Waals surface area contributed by atoms with E-state index in [2.05, 4.69) is 65.1 Å². The molecule has 2 aromatic heterocycles. The monoisotopic (exact) mass is 426 g/mol. The first-order valence-corrected chi connectivity index (χ1v) is 8.72. The van der Waals surface area contributed by atoms with Crippen molar-refractivity contribution in [2.24, 2.45) is 0 Å². The normalized spacial score (nSPS) is 10.9. The lowest BCUT2D eigenvalue weighted by Crippen LogP contribution is -1.97. The highest BCUT2D eigenvalue weighted by molar-refractivity contribution is 14.1. The van der Waals surface area contributed by atoms with Crippen LogP contribution in [-0.4, -0.2) is 16.7 Å². The van der Waals surface area contributed by atoms with Crippen LogP contribution >= 0.6 is 22.6 Å². The molecule has 0 fully saturated rings. The number of hydrogen-bond acceptors (Lipinski definition) is 2. The number of pyridine rings is 1. The van der Waals surface area contributed by atoms with Gasteiger partial charge in [-0.25, -0.2) is 4.52 Å². The highest BCUT2D eigenvalue weighted by Crippen LogP contribution is 2.30. The third-order valence-electron chi connectivity index (χ3n) is 4.01. The van der Waals surface area contributed by atoms with Crippen molar-refractivity contribution in [2.75, 3.05) is 7.11 Å². The molecule has 3 nitrogen and oxygen atoms in total. The lowest BCUT2D eigenvalue weighted by Gasteiger charge is -2.09. The summed E-state index contributed by atoms with van der Waals surface area (Å²) in [6.45, 7) is 0. The number of methoxy groups -OCH3 is 1. The molecule has 0 bridgehead atoms. The summed E-state index contributed by atoms with van der Waals surface area (Å²) >= 11 is 2.36. The zero-order valence-corrected chi connectivity index (χ0v) is 15.3. The molecule has 0 spiro atoms. The SMILES string of the molecule is COc1ccc(-c2c(I)ccc3cc(-c4ccccc4)nn23)cc1. The number of hydrogen-bond donors (Lipinski definition) is 0. The van der Waals surface area contributed by atoms with Gasteiger partial charge in [-0.05, 0) is 65.1 Å². The van der Waals surface area contributed by atoms with Crippen molar-refractivity contribution in [3.8, 4) is 28.3 Å². The molecule has 0 aliphatic rings. The van der Waals surface area contributed by atoms with Gasteiger partial charge in [0.25, 0.3) is 0 Å². The molecule has 0 aliphatic carbocycles. The molecular weight excluding hydrogens is 411 g/mol. The minimum absolute atomic E-state index is 0.853. The van der Waals surface area contributed by atoms with Crippen LogP contribution in [0.1, 0.15) is 0 Å². The molecule has 118 valence electrons. The van der Waals surface area contributed by atoms with Crippen LogP contribution in [0.4, 0.5) is 0 Å². The van der Waals surface area contributed by atoms with Crippen LogP contribution in [0.3, 0.4) is 0 Å². The van der Waals surface area contributed by atoms with E-state index in [1.54, 1.807) is 7.11 Å². The molecule has 4 rings (SSSR count). The van der Waals surface area contributed by atoms with Gasteiger partial charge in [0.2, 0.25) is 0 Å². The Bertz CT molecular complexity index is 992. The largest absolute Gasteiger partial charge is 0.497 e. The van der Waals surface area contributed by atoms with Crippen molar-refractivity contribution < 1.29 is 4.74 Å². The number of aromatic nitrogens is 2. The van der Waals surface area contributed by atoms with E-state index < -0.39 is 0 Å². The molecular formula is C20H15IN2O. The molecule has 0 amide bonds. The Morgan fingerprint density at radius 3 is 2.33 bits per heavy atom. The van der Waals surface area contributed by atoms with E-state index in [1.165, 1.54) is 0 Å². The van der Waals surface area contributed by atoms with Gasteiger partial charge in [-0.3, -0.25) is 0 Å². The number of benzene rings is 2. The van der Waals surface area contributed by atoms with Gasteiger partial charge in [0.15, 0.2) is 0 Å². The summed E-state index contributed by atoms with van der Waals surface area (Å²) in [5.74, 6) is 0.853. The minimum Gasteiger partial charge on any atom is -0.497 e. The Morgan fingerprint density at radius 1 is 0.875 bits per heavy atom. The highest BCUT2D eigenvalue weighted by Gasteiger charge is 2.12. The molecule has 0 N–H and O–H groups in total. The fraction of sp³-hybridized carbons (Fsp3) is 0.0500. The highest BCUT2D eigenvalue weighted by atomic mass is 127. The Hall–Kier alpha value is -2.34. The van der Waals surface area contributed by atoms with Gasteiger partial charge in [0.1, 0.15) is 5.75 Å². The Labute approximate surface area is 154 Å². The lowest BCUT2D eigenvalue weighted by atomic mass is 10.1. The van der Waals surface area contributed by atoms with Crippen molar-refractivity contribution in [3.63, 3.8) is 0 Å². The van der Waals surface area contributed by atoms with E-state index in [1.807, 2.05) is 34.8 Å². The molecule has 4 heteroatoms. The molecule has 2 heterocycles. The first-order valence-electron chi connectivity index (χ1n) is 7.64. The van der Waals surface area contributed by atoms with Crippen LogP contribution in [-0.2, 0) is 0 Å². The number of nitrogens with zero attached hydrogens (tertiary/aromatic N) is 2. The van der Waals surface area contributed by atoms with Crippen LogP contribution < -0.4 is 4.74 Å². The molecule has 0 aliphatic heterocycles. The number of fused-ring (bicyclic) bond motifs is 1. The second-order valence-electron chi connectivity index (χ2n) is 5.49. The smallest absolute Gasteiger partial charge is 0.118 e. The fourth-order valence-corrected chi connectivity index (χ4v) is 3.51. The first-order chi connectivity index (χ1) is 11.8. The van der Waals surface area contributed by atoms with E-state index in [4.69, 9.17) is 9.84 Å². The zero-order valence-electron chi connectivity index (χ0n) is 13.1. The van der Waals surface area contributed by atoms with Crippen LogP contribution in [0, 0.1) is 3.57 Å². The average Bonchev–Trinajstić information content (AvgIpc) is 3.07. The van der Waals surface area contributed by atoms with Gasteiger partial charge >= 0.3 is 0 Å². The van der Waals surface area contributed by atoms with Crippen LogP contribution in [0.15, 0.2) is 72.8 Å². The van der Waals surface area contributed by atoms with E-state index >= 15 is 0 Å². The third-order valence-corrected chi connectivity index (χ3v) is 4.88. The molecule has 0 saturated carbocycles. The third kappa shape index (κ3) is 2.67. The molecule has 2 aromatic carbocycles. The molecule has 0 atom stereocenters. The Balaban J connectivity index is 1.91. The first kappa shape index (κ1) is 15.2. The standard InChI is InChI=1S/C20H15IN2O/c1-24-17-10-7-15(8-11-17)20-18(21)12-9-16-13-19(22-23(16)20)14-5-3-2-4-6-14/h2-13H,1H3. The molecule has 0 radical (unpaired) electrons. The Morgan fingerprint density at radius 2 is 1.62 bits per heavy atom. The fourth-order valence-electron chi connectivity index (χ4n) is 2.79. The number of halogens is 1. The van der Waals surface area contributed by atoms with Crippen molar-refractivity contribution in [2.45, 2.75) is 0 Å². The summed E-state index contributed by atoms with van der Waals surface area (Å²) in [5, 5.41) is 4.84. The van der Waals surface area contributed by atoms with Gasteiger partial charge in [-0.15, -0.1) is 0 Å².